The number of rotatable bonds is 4. The van der Waals surface area contributed by atoms with Crippen LogP contribution >= 0.6 is 11.5 Å². The Labute approximate surface area is 184 Å². The number of aliphatic hydroxyl groups excluding tert-OH is 1. The Kier molecular flexibility index (Phi) is 4.28. The number of ether oxygens (including phenoxy) is 1. The Balaban J connectivity index is 1.33. The summed E-state index contributed by atoms with van der Waals surface area (Å²) in [6.07, 6.45) is 1.37. The SMILES string of the molecule is Nc1nsc2c1ccc1[nH]c(C(O)[C@H]3OCCN(c4ccn(C5CC5)n4)C3=O)nc(=O)c12. The number of benzene rings is 1. The molecule has 4 aromatic rings. The lowest BCUT2D eigenvalue weighted by Crippen LogP contribution is -2.50. The van der Waals surface area contributed by atoms with Crippen molar-refractivity contribution in [1.29, 1.82) is 0 Å². The zero-order valence-corrected chi connectivity index (χ0v) is 17.6. The summed E-state index contributed by atoms with van der Waals surface area (Å²) in [4.78, 5) is 34.4. The quantitative estimate of drug-likeness (QED) is 0.415. The van der Waals surface area contributed by atoms with Crippen LogP contribution in [0.1, 0.15) is 30.8 Å². The smallest absolute Gasteiger partial charge is 0.282 e. The third-order valence-corrected chi connectivity index (χ3v) is 6.74. The van der Waals surface area contributed by atoms with Gasteiger partial charge in [0.15, 0.2) is 11.9 Å². The molecule has 6 rings (SSSR count). The molecule has 12 heteroatoms. The first-order valence-electron chi connectivity index (χ1n) is 10.3. The van der Waals surface area contributed by atoms with Crippen LogP contribution in [0.3, 0.4) is 0 Å². The largest absolute Gasteiger partial charge is 0.382 e. The topological polar surface area (TPSA) is 152 Å². The Hall–Kier alpha value is -3.35. The van der Waals surface area contributed by atoms with E-state index in [1.165, 1.54) is 4.90 Å². The fraction of sp³-hybridized carbons (Fsp3) is 0.350. The molecular formula is C20H19N7O4S. The van der Waals surface area contributed by atoms with Gasteiger partial charge in [-0.05, 0) is 36.5 Å². The number of morpholine rings is 1. The Morgan fingerprint density at radius 3 is 2.94 bits per heavy atom. The number of fused-ring (bicyclic) bond motifs is 3. The number of hydrogen-bond acceptors (Lipinski definition) is 9. The lowest BCUT2D eigenvalue weighted by molar-refractivity contribution is -0.143. The van der Waals surface area contributed by atoms with Gasteiger partial charge in [-0.3, -0.25) is 19.2 Å². The van der Waals surface area contributed by atoms with Gasteiger partial charge in [0.25, 0.3) is 11.5 Å². The number of carbonyl (C=O) groups excluding carboxylic acids is 1. The van der Waals surface area contributed by atoms with Gasteiger partial charge in [0.2, 0.25) is 0 Å². The number of carbonyl (C=O) groups is 1. The van der Waals surface area contributed by atoms with E-state index >= 15 is 0 Å². The van der Waals surface area contributed by atoms with E-state index in [0.717, 1.165) is 24.4 Å². The third-order valence-electron chi connectivity index (χ3n) is 5.85. The van der Waals surface area contributed by atoms with Gasteiger partial charge < -0.3 is 20.6 Å². The zero-order valence-electron chi connectivity index (χ0n) is 16.8. The summed E-state index contributed by atoms with van der Waals surface area (Å²) in [7, 11) is 0. The maximum atomic E-state index is 13.1. The van der Waals surface area contributed by atoms with E-state index in [-0.39, 0.29) is 12.4 Å². The minimum Gasteiger partial charge on any atom is -0.382 e. The molecule has 11 nitrogen and oxygen atoms in total. The van der Waals surface area contributed by atoms with Gasteiger partial charge in [0.1, 0.15) is 17.7 Å². The van der Waals surface area contributed by atoms with Crippen LogP contribution in [0.15, 0.2) is 29.2 Å². The summed E-state index contributed by atoms with van der Waals surface area (Å²) in [5, 5.41) is 16.4. The van der Waals surface area contributed by atoms with E-state index in [1.54, 1.807) is 18.2 Å². The highest BCUT2D eigenvalue weighted by Gasteiger charge is 2.39. The van der Waals surface area contributed by atoms with Gasteiger partial charge in [-0.2, -0.15) is 14.5 Å². The number of nitrogens with zero attached hydrogens (tertiary/aromatic N) is 5. The number of nitrogens with two attached hydrogens (primary N) is 1. The zero-order chi connectivity index (χ0) is 22.0. The van der Waals surface area contributed by atoms with Gasteiger partial charge in [0.05, 0.1) is 34.8 Å². The first-order chi connectivity index (χ1) is 15.5. The molecule has 1 unspecified atom stereocenters. The van der Waals surface area contributed by atoms with Crippen molar-refractivity contribution in [1.82, 2.24) is 24.1 Å². The normalized spacial score (nSPS) is 20.3. The molecule has 0 radical (unpaired) electrons. The van der Waals surface area contributed by atoms with Crippen LogP contribution < -0.4 is 16.2 Å². The van der Waals surface area contributed by atoms with Crippen molar-refractivity contribution in [2.24, 2.45) is 0 Å². The minimum absolute atomic E-state index is 0.0388. The molecule has 1 aliphatic heterocycles. The second-order valence-corrected chi connectivity index (χ2v) is 8.74. The molecule has 1 saturated carbocycles. The molecule has 1 amide bonds. The molecule has 164 valence electrons. The molecule has 3 aromatic heterocycles. The van der Waals surface area contributed by atoms with Crippen molar-refractivity contribution in [3.05, 3.63) is 40.6 Å². The molecule has 4 N–H and O–H groups in total. The highest BCUT2D eigenvalue weighted by Crippen LogP contribution is 2.35. The second kappa shape index (κ2) is 7.08. The van der Waals surface area contributed by atoms with Crippen LogP contribution in [0.5, 0.6) is 0 Å². The standard InChI is InChI=1S/C20H19N7O4S/c21-17-10-3-4-11-13(16(10)32-25-17)19(29)23-18(22-11)14(28)15-20(30)26(7-8-31-15)12-5-6-27(24-12)9-1-2-9/h3-6,9,14-15,28H,1-2,7-8H2,(H2,21,25)(H,22,23,29)/t14?,15-/m1/s1. The lowest BCUT2D eigenvalue weighted by atomic mass is 10.1. The molecule has 0 spiro atoms. The molecule has 2 atom stereocenters. The van der Waals surface area contributed by atoms with E-state index in [0.29, 0.717) is 45.2 Å². The van der Waals surface area contributed by atoms with Crippen LogP contribution in [0.4, 0.5) is 11.6 Å². The number of nitrogen functional groups attached to an aromatic ring is 1. The highest BCUT2D eigenvalue weighted by atomic mass is 32.1. The van der Waals surface area contributed by atoms with E-state index in [4.69, 9.17) is 10.5 Å². The van der Waals surface area contributed by atoms with Crippen LogP contribution in [0.2, 0.25) is 0 Å². The molecule has 32 heavy (non-hydrogen) atoms. The molecule has 4 heterocycles. The van der Waals surface area contributed by atoms with Crippen LogP contribution in [-0.2, 0) is 9.53 Å². The monoisotopic (exact) mass is 453 g/mol. The number of aromatic nitrogens is 5. The molecule has 2 aliphatic rings. The van der Waals surface area contributed by atoms with Crippen molar-refractivity contribution in [2.45, 2.75) is 31.1 Å². The van der Waals surface area contributed by atoms with Crippen molar-refractivity contribution < 1.29 is 14.6 Å². The molecule has 2 fully saturated rings. The third kappa shape index (κ3) is 2.98. The average molecular weight is 453 g/mol. The molecule has 1 saturated heterocycles. The maximum absolute atomic E-state index is 13.1. The number of hydrogen-bond donors (Lipinski definition) is 3. The van der Waals surface area contributed by atoms with E-state index in [1.807, 2.05) is 10.9 Å². The predicted octanol–water partition coefficient (Wildman–Crippen LogP) is 1.11. The summed E-state index contributed by atoms with van der Waals surface area (Å²) in [5.74, 6) is 0.398. The van der Waals surface area contributed by atoms with Crippen LogP contribution in [0, 0.1) is 0 Å². The number of aliphatic hydroxyl groups is 1. The van der Waals surface area contributed by atoms with Gasteiger partial charge in [-0.15, -0.1) is 0 Å². The average Bonchev–Trinajstić information content (AvgIpc) is 3.41. The minimum atomic E-state index is -1.45. The van der Waals surface area contributed by atoms with Crippen molar-refractivity contribution in [2.75, 3.05) is 23.8 Å². The molecule has 0 bridgehead atoms. The van der Waals surface area contributed by atoms with Gasteiger partial charge >= 0.3 is 0 Å². The first kappa shape index (κ1) is 19.3. The Bertz CT molecular complexity index is 1420. The number of nitrogens with one attached hydrogen (secondary N) is 1. The first-order valence-corrected chi connectivity index (χ1v) is 11.0. The fourth-order valence-electron chi connectivity index (χ4n) is 4.03. The molecule has 1 aliphatic carbocycles. The van der Waals surface area contributed by atoms with Gasteiger partial charge in [0, 0.05) is 17.6 Å². The van der Waals surface area contributed by atoms with Crippen LogP contribution in [0.25, 0.3) is 21.0 Å². The summed E-state index contributed by atoms with van der Waals surface area (Å²) >= 11 is 1.11. The van der Waals surface area contributed by atoms with Crippen LogP contribution in [-0.4, -0.2) is 54.4 Å². The number of aromatic amines is 1. The van der Waals surface area contributed by atoms with Gasteiger partial charge in [-0.1, -0.05) is 0 Å². The summed E-state index contributed by atoms with van der Waals surface area (Å²) in [5.41, 5.74) is 5.79. The fourth-order valence-corrected chi connectivity index (χ4v) is 4.88. The summed E-state index contributed by atoms with van der Waals surface area (Å²) < 4.78 is 12.2. The van der Waals surface area contributed by atoms with E-state index in [2.05, 4.69) is 19.4 Å². The van der Waals surface area contributed by atoms with E-state index < -0.39 is 23.7 Å². The van der Waals surface area contributed by atoms with Gasteiger partial charge in [-0.25, -0.2) is 0 Å². The van der Waals surface area contributed by atoms with Crippen molar-refractivity contribution >= 4 is 50.1 Å². The second-order valence-electron chi connectivity index (χ2n) is 7.97. The lowest BCUT2D eigenvalue weighted by Gasteiger charge is -2.32. The van der Waals surface area contributed by atoms with Crippen molar-refractivity contribution in [3.63, 3.8) is 0 Å². The van der Waals surface area contributed by atoms with Crippen molar-refractivity contribution in [3.8, 4) is 0 Å². The summed E-state index contributed by atoms with van der Waals surface area (Å²) in [6, 6.07) is 5.62. The summed E-state index contributed by atoms with van der Waals surface area (Å²) in [6.45, 7) is 0.554. The Morgan fingerprint density at radius 2 is 2.12 bits per heavy atom. The molecular weight excluding hydrogens is 434 g/mol. The van der Waals surface area contributed by atoms with E-state index in [9.17, 15) is 14.7 Å². The predicted molar refractivity (Wildman–Crippen MR) is 118 cm³/mol. The number of anilines is 2. The Morgan fingerprint density at radius 1 is 1.28 bits per heavy atom. The maximum Gasteiger partial charge on any atom is 0.282 e. The molecule has 1 aromatic carbocycles. The number of H-pyrrole nitrogens is 1. The number of amides is 1. The highest BCUT2D eigenvalue weighted by molar-refractivity contribution is 7.14.